The summed E-state index contributed by atoms with van der Waals surface area (Å²) in [5, 5.41) is 9.97. The molecule has 1 N–H and O–H groups in total. The quantitative estimate of drug-likeness (QED) is 0.807. The summed E-state index contributed by atoms with van der Waals surface area (Å²) in [5.41, 5.74) is 0.782. The van der Waals surface area contributed by atoms with Gasteiger partial charge in [-0.2, -0.15) is 0 Å². The number of aliphatic hydroxyl groups excluding tert-OH is 1. The van der Waals surface area contributed by atoms with Crippen LogP contribution in [-0.2, 0) is 4.74 Å². The Bertz CT molecular complexity index is 310. The van der Waals surface area contributed by atoms with Crippen molar-refractivity contribution in [3.05, 3.63) is 29.8 Å². The molecular weight excluding hydrogens is 204 g/mol. The highest BCUT2D eigenvalue weighted by atomic mass is 16.5. The summed E-state index contributed by atoms with van der Waals surface area (Å²) in [5.74, 6) is 0.727. The smallest absolute Gasteiger partial charge is 0.125 e. The van der Waals surface area contributed by atoms with E-state index < -0.39 is 6.10 Å². The number of hydrogen-bond donors (Lipinski definition) is 1. The summed E-state index contributed by atoms with van der Waals surface area (Å²) in [7, 11) is 0. The van der Waals surface area contributed by atoms with Gasteiger partial charge in [-0.15, -0.1) is 0 Å². The molecule has 1 unspecified atom stereocenters. The number of ether oxygens (including phenoxy) is 2. The summed E-state index contributed by atoms with van der Waals surface area (Å²) in [6, 6.07) is 7.50. The monoisotopic (exact) mass is 224 g/mol. The Kier molecular flexibility index (Phi) is 5.29. The predicted octanol–water partition coefficient (Wildman–Crippen LogP) is 2.54. The van der Waals surface area contributed by atoms with Gasteiger partial charge in [-0.05, 0) is 26.8 Å². The van der Waals surface area contributed by atoms with E-state index in [2.05, 4.69) is 0 Å². The highest BCUT2D eigenvalue weighted by Gasteiger charge is 2.13. The minimum Gasteiger partial charge on any atom is -0.493 e. The maximum Gasteiger partial charge on any atom is 0.125 e. The molecular formula is C13H20O3. The SMILES string of the molecule is CCOc1ccccc1C(O)COC(C)C. The average molecular weight is 224 g/mol. The second-order valence-corrected chi connectivity index (χ2v) is 3.87. The first-order chi connectivity index (χ1) is 7.65. The van der Waals surface area contributed by atoms with Crippen LogP contribution in [0.3, 0.4) is 0 Å². The van der Waals surface area contributed by atoms with Crippen molar-refractivity contribution in [2.24, 2.45) is 0 Å². The molecule has 3 nitrogen and oxygen atoms in total. The largest absolute Gasteiger partial charge is 0.493 e. The van der Waals surface area contributed by atoms with Crippen molar-refractivity contribution in [2.45, 2.75) is 33.0 Å². The van der Waals surface area contributed by atoms with Crippen LogP contribution in [0.25, 0.3) is 0 Å². The molecule has 90 valence electrons. The molecule has 3 heteroatoms. The van der Waals surface area contributed by atoms with Gasteiger partial charge in [-0.25, -0.2) is 0 Å². The predicted molar refractivity (Wildman–Crippen MR) is 63.7 cm³/mol. The fourth-order valence-electron chi connectivity index (χ4n) is 1.42. The number of benzene rings is 1. The van der Waals surface area contributed by atoms with E-state index >= 15 is 0 Å². The van der Waals surface area contributed by atoms with Gasteiger partial charge in [-0.1, -0.05) is 18.2 Å². The second kappa shape index (κ2) is 6.51. The summed E-state index contributed by atoms with van der Waals surface area (Å²) in [4.78, 5) is 0. The van der Waals surface area contributed by atoms with Crippen molar-refractivity contribution < 1.29 is 14.6 Å². The van der Waals surface area contributed by atoms with Gasteiger partial charge in [0.15, 0.2) is 0 Å². The van der Waals surface area contributed by atoms with E-state index in [0.717, 1.165) is 11.3 Å². The fraction of sp³-hybridized carbons (Fsp3) is 0.538. The Morgan fingerprint density at radius 3 is 2.56 bits per heavy atom. The zero-order chi connectivity index (χ0) is 12.0. The Morgan fingerprint density at radius 2 is 1.94 bits per heavy atom. The van der Waals surface area contributed by atoms with Crippen LogP contribution >= 0.6 is 0 Å². The van der Waals surface area contributed by atoms with Crippen LogP contribution in [-0.4, -0.2) is 24.4 Å². The maximum atomic E-state index is 9.97. The van der Waals surface area contributed by atoms with Crippen LogP contribution in [0.2, 0.25) is 0 Å². The highest BCUT2D eigenvalue weighted by molar-refractivity contribution is 5.35. The fourth-order valence-corrected chi connectivity index (χ4v) is 1.42. The van der Waals surface area contributed by atoms with E-state index in [0.29, 0.717) is 13.2 Å². The van der Waals surface area contributed by atoms with Gasteiger partial charge >= 0.3 is 0 Å². The maximum absolute atomic E-state index is 9.97. The lowest BCUT2D eigenvalue weighted by Crippen LogP contribution is -2.13. The molecule has 1 atom stereocenters. The van der Waals surface area contributed by atoms with E-state index in [-0.39, 0.29) is 6.10 Å². The summed E-state index contributed by atoms with van der Waals surface area (Å²) >= 11 is 0. The first-order valence-electron chi connectivity index (χ1n) is 5.66. The van der Waals surface area contributed by atoms with Crippen molar-refractivity contribution in [1.29, 1.82) is 0 Å². The Balaban J connectivity index is 2.69. The second-order valence-electron chi connectivity index (χ2n) is 3.87. The number of rotatable bonds is 6. The molecule has 0 heterocycles. The van der Waals surface area contributed by atoms with Gasteiger partial charge in [-0.3, -0.25) is 0 Å². The van der Waals surface area contributed by atoms with Crippen LogP contribution in [0.4, 0.5) is 0 Å². The van der Waals surface area contributed by atoms with Crippen molar-refractivity contribution in [1.82, 2.24) is 0 Å². The normalized spacial score (nSPS) is 12.8. The highest BCUT2D eigenvalue weighted by Crippen LogP contribution is 2.25. The molecule has 0 aliphatic heterocycles. The van der Waals surface area contributed by atoms with Crippen LogP contribution < -0.4 is 4.74 Å². The topological polar surface area (TPSA) is 38.7 Å². The molecule has 0 amide bonds. The number of hydrogen-bond acceptors (Lipinski definition) is 3. The van der Waals surface area contributed by atoms with Gasteiger partial charge < -0.3 is 14.6 Å². The van der Waals surface area contributed by atoms with Crippen LogP contribution in [0.5, 0.6) is 5.75 Å². The third kappa shape index (κ3) is 3.83. The van der Waals surface area contributed by atoms with Gasteiger partial charge in [0, 0.05) is 5.56 Å². The Labute approximate surface area is 97.0 Å². The lowest BCUT2D eigenvalue weighted by molar-refractivity contribution is 0.00392. The number of aliphatic hydroxyl groups is 1. The Morgan fingerprint density at radius 1 is 1.25 bits per heavy atom. The van der Waals surface area contributed by atoms with Crippen LogP contribution in [0.15, 0.2) is 24.3 Å². The zero-order valence-corrected chi connectivity index (χ0v) is 10.1. The third-order valence-electron chi connectivity index (χ3n) is 2.17. The van der Waals surface area contributed by atoms with Crippen molar-refractivity contribution >= 4 is 0 Å². The molecule has 16 heavy (non-hydrogen) atoms. The molecule has 1 aromatic rings. The molecule has 0 saturated heterocycles. The minimum absolute atomic E-state index is 0.119. The molecule has 1 aromatic carbocycles. The van der Waals surface area contributed by atoms with Crippen molar-refractivity contribution in [3.63, 3.8) is 0 Å². The van der Waals surface area contributed by atoms with Crippen LogP contribution in [0.1, 0.15) is 32.4 Å². The van der Waals surface area contributed by atoms with Crippen molar-refractivity contribution in [2.75, 3.05) is 13.2 Å². The average Bonchev–Trinajstić information content (AvgIpc) is 2.27. The first kappa shape index (κ1) is 13.0. The molecule has 0 spiro atoms. The molecule has 0 aliphatic rings. The van der Waals surface area contributed by atoms with E-state index in [1.54, 1.807) is 0 Å². The Hall–Kier alpha value is -1.06. The summed E-state index contributed by atoms with van der Waals surface area (Å²) < 4.78 is 10.8. The van der Waals surface area contributed by atoms with E-state index in [4.69, 9.17) is 9.47 Å². The molecule has 1 rings (SSSR count). The van der Waals surface area contributed by atoms with Crippen LogP contribution in [0, 0.1) is 0 Å². The summed E-state index contributed by atoms with van der Waals surface area (Å²) in [6.07, 6.45) is -0.515. The first-order valence-corrected chi connectivity index (χ1v) is 5.66. The van der Waals surface area contributed by atoms with E-state index in [9.17, 15) is 5.11 Å². The van der Waals surface area contributed by atoms with Gasteiger partial charge in [0.05, 0.1) is 19.3 Å². The molecule has 0 saturated carbocycles. The number of para-hydroxylation sites is 1. The van der Waals surface area contributed by atoms with Gasteiger partial charge in [0.25, 0.3) is 0 Å². The van der Waals surface area contributed by atoms with Gasteiger partial charge in [0.2, 0.25) is 0 Å². The molecule has 0 aromatic heterocycles. The molecule has 0 radical (unpaired) electrons. The van der Waals surface area contributed by atoms with E-state index in [1.165, 1.54) is 0 Å². The molecule has 0 fully saturated rings. The standard InChI is InChI=1S/C13H20O3/c1-4-15-13-8-6-5-7-11(13)12(14)9-16-10(2)3/h5-8,10,12,14H,4,9H2,1-3H3. The minimum atomic E-state index is -0.634. The lowest BCUT2D eigenvalue weighted by Gasteiger charge is -2.17. The van der Waals surface area contributed by atoms with Gasteiger partial charge in [0.1, 0.15) is 11.9 Å². The molecule has 0 bridgehead atoms. The van der Waals surface area contributed by atoms with E-state index in [1.807, 2.05) is 45.0 Å². The lowest BCUT2D eigenvalue weighted by atomic mass is 10.1. The summed E-state index contributed by atoms with van der Waals surface area (Å²) in [6.45, 7) is 6.70. The zero-order valence-electron chi connectivity index (χ0n) is 10.1. The van der Waals surface area contributed by atoms with Crippen molar-refractivity contribution in [3.8, 4) is 5.75 Å². The molecule has 0 aliphatic carbocycles. The third-order valence-corrected chi connectivity index (χ3v) is 2.17.